The Bertz CT molecular complexity index is 1330. The van der Waals surface area contributed by atoms with E-state index in [1.165, 1.54) is 19.1 Å². The highest BCUT2D eigenvalue weighted by Crippen LogP contribution is 2.30. The summed E-state index contributed by atoms with van der Waals surface area (Å²) in [6.07, 6.45) is -16.9. The maximum absolute atomic E-state index is 12.4. The van der Waals surface area contributed by atoms with Gasteiger partial charge in [0.2, 0.25) is 0 Å². The first-order chi connectivity index (χ1) is 20.2. The van der Waals surface area contributed by atoms with Gasteiger partial charge in [0.25, 0.3) is 0 Å². The van der Waals surface area contributed by atoms with E-state index in [1.807, 2.05) is 0 Å². The minimum atomic E-state index is -3.87. The second kappa shape index (κ2) is 9.84. The van der Waals surface area contributed by atoms with Crippen LogP contribution in [0, 0.1) is 12.8 Å². The normalized spacial score (nSPS) is 52.6. The number of piperazine rings is 1. The minimum absolute atomic E-state index is 0.00976. The molecule has 0 atom stereocenters. The molecular weight excluding hydrogens is 372 g/mol. The number of hydrogen-bond acceptors (Lipinski definition) is 3. The zero-order chi connectivity index (χ0) is 36.3. The van der Waals surface area contributed by atoms with E-state index in [0.717, 1.165) is 25.1 Å². The Morgan fingerprint density at radius 3 is 2.57 bits per heavy atom. The van der Waals surface area contributed by atoms with Crippen LogP contribution in [-0.2, 0) is 0 Å². The number of carbonyl (C=O) groups excluding carboxylic acids is 1. The number of urea groups is 1. The summed E-state index contributed by atoms with van der Waals surface area (Å²) in [6.45, 7) is -13.8. The van der Waals surface area contributed by atoms with Crippen LogP contribution in [0.1, 0.15) is 62.1 Å². The van der Waals surface area contributed by atoms with Crippen molar-refractivity contribution in [3.05, 3.63) is 28.8 Å². The molecule has 1 N–H and O–H groups in total. The van der Waals surface area contributed by atoms with Gasteiger partial charge in [-0.05, 0) is 62.9 Å². The van der Waals surface area contributed by atoms with E-state index in [1.54, 1.807) is 5.32 Å². The first-order valence-corrected chi connectivity index (χ1v) is 8.92. The third-order valence-corrected chi connectivity index (χ3v) is 4.40. The lowest BCUT2D eigenvalue weighted by molar-refractivity contribution is 0.194. The second-order valence-corrected chi connectivity index (χ2v) is 6.65. The molecule has 1 saturated heterocycles. The van der Waals surface area contributed by atoms with Crippen molar-refractivity contribution >= 4 is 23.3 Å². The number of carbonyl (C=O) groups is 1. The summed E-state index contributed by atoms with van der Waals surface area (Å²) in [5, 5.41) is 1.50. The number of hydrogen-bond donors (Lipinski definition) is 1. The summed E-state index contributed by atoms with van der Waals surface area (Å²) in [5.41, 5.74) is -0.0584. The summed E-state index contributed by atoms with van der Waals surface area (Å²) >= 11 is 6.32. The first-order valence-electron chi connectivity index (χ1n) is 17.5. The Hall–Kier alpha value is -1.46. The minimum Gasteiger partial charge on any atom is -0.368 e. The molecule has 0 spiro atoms. The molecule has 0 unspecified atom stereocenters. The topological polar surface area (TPSA) is 38.8 Å². The number of halogens is 1. The fourth-order valence-electron chi connectivity index (χ4n) is 2.28. The molecule has 6 heteroatoms. The number of nitrogens with zero attached hydrogens (tertiary/aromatic N) is 3. The molecular formula is C22H35ClN4O. The van der Waals surface area contributed by atoms with E-state index in [-0.39, 0.29) is 14.8 Å². The Kier molecular flexibility index (Phi) is 2.81. The molecule has 0 bridgehead atoms. The van der Waals surface area contributed by atoms with Gasteiger partial charge in [-0.25, -0.2) is 4.79 Å². The lowest BCUT2D eigenvalue weighted by Crippen LogP contribution is -2.47. The molecule has 1 heterocycles. The molecule has 2 aliphatic rings. The van der Waals surface area contributed by atoms with Crippen LogP contribution in [0.5, 0.6) is 0 Å². The molecule has 5 nitrogen and oxygen atoms in total. The molecule has 1 aromatic carbocycles. The van der Waals surface area contributed by atoms with Crippen LogP contribution < -0.4 is 10.2 Å². The summed E-state index contributed by atoms with van der Waals surface area (Å²) in [5.74, 6) is -3.61. The number of aryl methyl sites for hydroxylation is 1. The smallest absolute Gasteiger partial charge is 0.317 e. The van der Waals surface area contributed by atoms with Crippen molar-refractivity contribution < 1.29 is 29.5 Å². The van der Waals surface area contributed by atoms with Gasteiger partial charge in [-0.1, -0.05) is 23.7 Å². The SMILES string of the molecule is [2H]C1([2H])N(CCC2([2H])C([2H])([2H])C([2H])([2H])C([2H])(NC(=O)N(C)C)C([2H])([2H])C2([2H])[2H])C([2H])([2H])C([2H])([2H])N(c2cccc(C)c2Cl)C1([2H])[2H]. The predicted octanol–water partition coefficient (Wildman–Crippen LogP) is 3.99. The van der Waals surface area contributed by atoms with Gasteiger partial charge >= 0.3 is 6.03 Å². The molecule has 1 aliphatic carbocycles. The van der Waals surface area contributed by atoms with Gasteiger partial charge in [-0.2, -0.15) is 0 Å². The van der Waals surface area contributed by atoms with E-state index in [9.17, 15) is 4.79 Å². The van der Waals surface area contributed by atoms with Crippen molar-refractivity contribution in [3.8, 4) is 0 Å². The Labute approximate surface area is 200 Å². The van der Waals surface area contributed by atoms with Gasteiger partial charge < -0.3 is 15.1 Å². The average molecular weight is 425 g/mol. The zero-order valence-corrected chi connectivity index (χ0v) is 16.5. The monoisotopic (exact) mass is 424 g/mol. The fraction of sp³-hybridized carbons (Fsp3) is 0.682. The lowest BCUT2D eigenvalue weighted by Gasteiger charge is -2.37. The standard InChI is InChI=1S/C22H35ClN4O/c1-17-5-4-6-20(21(17)23)27-15-13-26(14-16-27)12-11-18-7-9-19(10-8-18)24-22(28)25(2)3/h4-6,18-19H,7-16H2,1-3H3,(H,24,28)/i7D2,8D2,9D2,10D2,13D2,14D2,15D2,16D2,18D,19D. The van der Waals surface area contributed by atoms with Crippen LogP contribution in [0.2, 0.25) is 5.02 Å². The third-order valence-electron chi connectivity index (χ3n) is 3.91. The van der Waals surface area contributed by atoms with Crippen LogP contribution in [0.25, 0.3) is 0 Å². The van der Waals surface area contributed by atoms with Crippen molar-refractivity contribution in [2.24, 2.45) is 5.89 Å². The number of rotatable bonds is 5. The number of nitrogens with one attached hydrogen (secondary N) is 1. The van der Waals surface area contributed by atoms with Crippen molar-refractivity contribution in [2.45, 2.75) is 44.9 Å². The summed E-state index contributed by atoms with van der Waals surface area (Å²) < 4.78 is 156. The molecule has 1 aromatic rings. The van der Waals surface area contributed by atoms with E-state index >= 15 is 0 Å². The van der Waals surface area contributed by atoms with Gasteiger partial charge in [0.1, 0.15) is 0 Å². The molecule has 2 amide bonds. The van der Waals surface area contributed by atoms with Crippen LogP contribution in [0.15, 0.2) is 18.2 Å². The molecule has 1 saturated carbocycles. The molecule has 1 aliphatic heterocycles. The summed E-state index contributed by atoms with van der Waals surface area (Å²) in [7, 11) is 2.30. The van der Waals surface area contributed by atoms with Crippen LogP contribution in [0.3, 0.4) is 0 Å². The van der Waals surface area contributed by atoms with Crippen LogP contribution in [-0.4, -0.2) is 68.5 Å². The highest BCUT2D eigenvalue weighted by molar-refractivity contribution is 6.34. The average Bonchev–Trinajstić information content (AvgIpc) is 2.88. The van der Waals surface area contributed by atoms with Crippen molar-refractivity contribution in [3.63, 3.8) is 0 Å². The van der Waals surface area contributed by atoms with E-state index in [4.69, 9.17) is 36.3 Å². The van der Waals surface area contributed by atoms with Crippen molar-refractivity contribution in [1.82, 2.24) is 15.1 Å². The fourth-order valence-corrected chi connectivity index (χ4v) is 2.49. The second-order valence-electron chi connectivity index (χ2n) is 6.27. The Balaban J connectivity index is 2.19. The van der Waals surface area contributed by atoms with Gasteiger partial charge in [0, 0.05) is 63.9 Å². The van der Waals surface area contributed by atoms with E-state index < -0.39 is 88.1 Å². The van der Waals surface area contributed by atoms with Gasteiger partial charge in [-0.15, -0.1) is 0 Å². The first kappa shape index (κ1) is 7.99. The molecule has 3 rings (SSSR count). The number of benzene rings is 1. The Morgan fingerprint density at radius 1 is 1.25 bits per heavy atom. The molecule has 0 radical (unpaired) electrons. The largest absolute Gasteiger partial charge is 0.368 e. The summed E-state index contributed by atoms with van der Waals surface area (Å²) in [4.78, 5) is 13.4. The number of amides is 2. The molecule has 2 fully saturated rings. The van der Waals surface area contributed by atoms with Gasteiger partial charge in [0.15, 0.2) is 0 Å². The lowest BCUT2D eigenvalue weighted by atomic mass is 9.84. The molecule has 28 heavy (non-hydrogen) atoms. The number of anilines is 1. The molecule has 0 aromatic heterocycles. The van der Waals surface area contributed by atoms with Crippen molar-refractivity contribution in [1.29, 1.82) is 0 Å². The highest BCUT2D eigenvalue weighted by atomic mass is 35.5. The van der Waals surface area contributed by atoms with E-state index in [2.05, 4.69) is 0 Å². The zero-order valence-electron chi connectivity index (χ0n) is 33.8. The third kappa shape index (κ3) is 5.54. The maximum atomic E-state index is 12.4. The quantitative estimate of drug-likeness (QED) is 0.776. The van der Waals surface area contributed by atoms with E-state index in [0.29, 0.717) is 5.56 Å². The van der Waals surface area contributed by atoms with Gasteiger partial charge in [-0.3, -0.25) is 4.90 Å². The van der Waals surface area contributed by atoms with Gasteiger partial charge in [0.05, 0.1) is 17.6 Å². The van der Waals surface area contributed by atoms with Crippen LogP contribution in [0.4, 0.5) is 10.5 Å². The maximum Gasteiger partial charge on any atom is 0.317 e. The molecule has 156 valence electrons. The highest BCUT2D eigenvalue weighted by Gasteiger charge is 2.24. The van der Waals surface area contributed by atoms with Crippen molar-refractivity contribution in [2.75, 3.05) is 51.5 Å². The summed E-state index contributed by atoms with van der Waals surface area (Å²) in [6, 6.07) is -0.930. The van der Waals surface area contributed by atoms with Crippen LogP contribution >= 0.6 is 11.6 Å². The predicted molar refractivity (Wildman–Crippen MR) is 117 cm³/mol. The Morgan fingerprint density at radius 2 is 1.93 bits per heavy atom.